The van der Waals surface area contributed by atoms with Gasteiger partial charge in [0.2, 0.25) is 5.88 Å². The highest BCUT2D eigenvalue weighted by molar-refractivity contribution is 5.79. The minimum Gasteiger partial charge on any atom is -0.474 e. The summed E-state index contributed by atoms with van der Waals surface area (Å²) in [6.07, 6.45) is 9.55. The molecule has 1 aliphatic carbocycles. The average molecular weight is 403 g/mol. The Morgan fingerprint density at radius 3 is 2.72 bits per heavy atom. The number of pyridine rings is 1. The van der Waals surface area contributed by atoms with E-state index in [9.17, 15) is 0 Å². The summed E-state index contributed by atoms with van der Waals surface area (Å²) >= 11 is 0. The predicted octanol–water partition coefficient (Wildman–Crippen LogP) is 3.91. The van der Waals surface area contributed by atoms with Crippen LogP contribution in [0.5, 0.6) is 5.88 Å². The Bertz CT molecular complexity index is 665. The van der Waals surface area contributed by atoms with Crippen LogP contribution in [-0.2, 0) is 11.3 Å². The molecule has 162 valence electrons. The van der Waals surface area contributed by atoms with Crippen LogP contribution in [0, 0.1) is 11.3 Å². The lowest BCUT2D eigenvalue weighted by atomic mass is 9.78. The van der Waals surface area contributed by atoms with Crippen molar-refractivity contribution in [1.82, 2.24) is 15.6 Å². The third-order valence-corrected chi connectivity index (χ3v) is 5.90. The van der Waals surface area contributed by atoms with Crippen LogP contribution in [0.25, 0.3) is 0 Å². The Hall–Kier alpha value is -1.82. The van der Waals surface area contributed by atoms with Gasteiger partial charge in [-0.3, -0.25) is 4.99 Å². The van der Waals surface area contributed by atoms with E-state index in [0.717, 1.165) is 49.8 Å². The summed E-state index contributed by atoms with van der Waals surface area (Å²) in [6, 6.07) is 4.05. The molecule has 2 fully saturated rings. The fraction of sp³-hybridized carbons (Fsp3) is 0.739. The van der Waals surface area contributed by atoms with E-state index < -0.39 is 0 Å². The van der Waals surface area contributed by atoms with Gasteiger partial charge >= 0.3 is 0 Å². The predicted molar refractivity (Wildman–Crippen MR) is 117 cm³/mol. The number of guanidine groups is 1. The maximum atomic E-state index is 6.10. The maximum absolute atomic E-state index is 6.10. The number of hydrogen-bond donors (Lipinski definition) is 2. The van der Waals surface area contributed by atoms with Crippen LogP contribution < -0.4 is 15.4 Å². The van der Waals surface area contributed by atoms with E-state index in [1.54, 1.807) is 0 Å². The Balaban J connectivity index is 1.49. The molecule has 1 saturated heterocycles. The summed E-state index contributed by atoms with van der Waals surface area (Å²) in [5.74, 6) is 2.04. The maximum Gasteiger partial charge on any atom is 0.213 e. The summed E-state index contributed by atoms with van der Waals surface area (Å²) in [4.78, 5) is 8.76. The van der Waals surface area contributed by atoms with Crippen molar-refractivity contribution >= 4 is 5.96 Å². The van der Waals surface area contributed by atoms with Crippen LogP contribution >= 0.6 is 0 Å². The molecule has 6 heteroatoms. The highest BCUT2D eigenvalue weighted by Gasteiger charge is 2.35. The van der Waals surface area contributed by atoms with Gasteiger partial charge < -0.3 is 20.1 Å². The van der Waals surface area contributed by atoms with Crippen molar-refractivity contribution in [3.63, 3.8) is 0 Å². The first-order valence-electron chi connectivity index (χ1n) is 11.1. The number of aromatic nitrogens is 1. The fourth-order valence-corrected chi connectivity index (χ4v) is 4.45. The van der Waals surface area contributed by atoms with E-state index in [4.69, 9.17) is 9.47 Å². The minimum atomic E-state index is 0.149. The van der Waals surface area contributed by atoms with E-state index >= 15 is 0 Å². The topological polar surface area (TPSA) is 67.8 Å². The number of ether oxygens (including phenoxy) is 2. The summed E-state index contributed by atoms with van der Waals surface area (Å²) in [7, 11) is 1.81. The standard InChI is InChI=1S/C23H38N4O2/c1-23(2,3)21-18(8-7-13-28-21)16-27-22(24-4)26-15-17-11-12-25-20(14-17)29-19-9-5-6-10-19/h11-12,14,18-19,21H,5-10,13,15-16H2,1-4H3,(H2,24,26,27). The largest absolute Gasteiger partial charge is 0.474 e. The molecule has 0 amide bonds. The lowest BCUT2D eigenvalue weighted by Gasteiger charge is -2.40. The molecule has 2 aliphatic rings. The number of rotatable bonds is 6. The lowest BCUT2D eigenvalue weighted by Crippen LogP contribution is -2.47. The van der Waals surface area contributed by atoms with Crippen LogP contribution in [0.1, 0.15) is 64.9 Å². The number of nitrogens with zero attached hydrogens (tertiary/aromatic N) is 2. The van der Waals surface area contributed by atoms with Gasteiger partial charge in [-0.1, -0.05) is 20.8 Å². The quantitative estimate of drug-likeness (QED) is 0.558. The number of aliphatic imine (C=N–C) groups is 1. The minimum absolute atomic E-state index is 0.149. The first-order valence-corrected chi connectivity index (χ1v) is 11.1. The van der Waals surface area contributed by atoms with Crippen LogP contribution in [0.4, 0.5) is 0 Å². The zero-order valence-electron chi connectivity index (χ0n) is 18.5. The van der Waals surface area contributed by atoms with Gasteiger partial charge in [0.1, 0.15) is 6.10 Å². The summed E-state index contributed by atoms with van der Waals surface area (Å²) in [5.41, 5.74) is 1.29. The van der Waals surface area contributed by atoms with Gasteiger partial charge in [-0.05, 0) is 55.6 Å². The summed E-state index contributed by atoms with van der Waals surface area (Å²) < 4.78 is 12.1. The molecule has 1 aromatic rings. The van der Waals surface area contributed by atoms with Crippen LogP contribution in [0.2, 0.25) is 0 Å². The zero-order chi connectivity index (χ0) is 20.7. The molecule has 1 aliphatic heterocycles. The lowest BCUT2D eigenvalue weighted by molar-refractivity contribution is -0.0835. The van der Waals surface area contributed by atoms with Gasteiger partial charge in [0.15, 0.2) is 5.96 Å². The Labute approximate surface area is 175 Å². The monoisotopic (exact) mass is 402 g/mol. The van der Waals surface area contributed by atoms with Crippen LogP contribution in [0.3, 0.4) is 0 Å². The van der Waals surface area contributed by atoms with Gasteiger partial charge in [-0.15, -0.1) is 0 Å². The van der Waals surface area contributed by atoms with Crippen molar-refractivity contribution in [3.05, 3.63) is 23.9 Å². The highest BCUT2D eigenvalue weighted by Crippen LogP contribution is 2.33. The van der Waals surface area contributed by atoms with Gasteiger partial charge in [0.05, 0.1) is 6.10 Å². The normalized spacial score (nSPS) is 23.8. The molecule has 2 heterocycles. The van der Waals surface area contributed by atoms with E-state index in [0.29, 0.717) is 18.6 Å². The molecule has 29 heavy (non-hydrogen) atoms. The first kappa shape index (κ1) is 21.9. The molecule has 1 saturated carbocycles. The third kappa shape index (κ3) is 6.59. The molecular weight excluding hydrogens is 364 g/mol. The molecule has 0 spiro atoms. The summed E-state index contributed by atoms with van der Waals surface area (Å²) in [5, 5.41) is 6.91. The molecular formula is C23H38N4O2. The van der Waals surface area contributed by atoms with E-state index in [-0.39, 0.29) is 11.5 Å². The molecule has 2 N–H and O–H groups in total. The second-order valence-corrected chi connectivity index (χ2v) is 9.39. The van der Waals surface area contributed by atoms with E-state index in [1.807, 2.05) is 25.4 Å². The molecule has 0 bridgehead atoms. The van der Waals surface area contributed by atoms with Crippen LogP contribution in [0.15, 0.2) is 23.3 Å². The van der Waals surface area contributed by atoms with Crippen molar-refractivity contribution in [3.8, 4) is 5.88 Å². The smallest absolute Gasteiger partial charge is 0.213 e. The first-order chi connectivity index (χ1) is 14.0. The molecule has 2 atom stereocenters. The number of nitrogens with one attached hydrogen (secondary N) is 2. The second-order valence-electron chi connectivity index (χ2n) is 9.39. The summed E-state index contributed by atoms with van der Waals surface area (Å²) in [6.45, 7) is 9.22. The Kier molecular flexibility index (Phi) is 7.76. The highest BCUT2D eigenvalue weighted by atomic mass is 16.5. The molecule has 6 nitrogen and oxygen atoms in total. The van der Waals surface area contributed by atoms with E-state index in [1.165, 1.54) is 19.3 Å². The van der Waals surface area contributed by atoms with Gasteiger partial charge in [0, 0.05) is 44.9 Å². The van der Waals surface area contributed by atoms with Crippen molar-refractivity contribution in [2.45, 2.75) is 78.0 Å². The molecule has 1 aromatic heterocycles. The molecule has 0 aromatic carbocycles. The van der Waals surface area contributed by atoms with Crippen molar-refractivity contribution in [1.29, 1.82) is 0 Å². The van der Waals surface area contributed by atoms with E-state index in [2.05, 4.69) is 41.4 Å². The SMILES string of the molecule is CN=C(NCc1ccnc(OC2CCCC2)c1)NCC1CCCOC1C(C)(C)C. The molecule has 3 rings (SSSR count). The fourth-order valence-electron chi connectivity index (χ4n) is 4.45. The molecule has 0 radical (unpaired) electrons. The van der Waals surface area contributed by atoms with Crippen molar-refractivity contribution in [2.24, 2.45) is 16.3 Å². The van der Waals surface area contributed by atoms with Crippen LogP contribution in [-0.4, -0.2) is 43.4 Å². The second kappa shape index (κ2) is 10.3. The number of hydrogen-bond acceptors (Lipinski definition) is 4. The average Bonchev–Trinajstić information content (AvgIpc) is 3.21. The zero-order valence-corrected chi connectivity index (χ0v) is 18.5. The Morgan fingerprint density at radius 2 is 2.00 bits per heavy atom. The van der Waals surface area contributed by atoms with Gasteiger partial charge in [-0.25, -0.2) is 4.98 Å². The third-order valence-electron chi connectivity index (χ3n) is 5.90. The Morgan fingerprint density at radius 1 is 1.21 bits per heavy atom. The van der Waals surface area contributed by atoms with Gasteiger partial charge in [0.25, 0.3) is 0 Å². The molecule has 2 unspecified atom stereocenters. The van der Waals surface area contributed by atoms with Crippen molar-refractivity contribution < 1.29 is 9.47 Å². The van der Waals surface area contributed by atoms with Crippen molar-refractivity contribution in [2.75, 3.05) is 20.2 Å². The van der Waals surface area contributed by atoms with Gasteiger partial charge in [-0.2, -0.15) is 0 Å².